The maximum Gasteiger partial charge on any atom is 0.319 e. The third-order valence-electron chi connectivity index (χ3n) is 8.11. The predicted molar refractivity (Wildman–Crippen MR) is 180 cm³/mol. The molecule has 9 nitrogen and oxygen atoms in total. The first-order valence-corrected chi connectivity index (χ1v) is 15.8. The Morgan fingerprint density at radius 1 is 0.933 bits per heavy atom. The van der Waals surface area contributed by atoms with Crippen molar-refractivity contribution in [1.82, 2.24) is 20.0 Å². The van der Waals surface area contributed by atoms with Crippen molar-refractivity contribution in [2.45, 2.75) is 78.8 Å². The van der Waals surface area contributed by atoms with Crippen LogP contribution in [0.3, 0.4) is 0 Å². The summed E-state index contributed by atoms with van der Waals surface area (Å²) in [5.74, 6) is -0.252. The lowest BCUT2D eigenvalue weighted by molar-refractivity contribution is -0.161. The monoisotopic (exact) mass is 615 g/mol. The van der Waals surface area contributed by atoms with Crippen LogP contribution in [0.5, 0.6) is 5.75 Å². The number of nitrogens with one attached hydrogen (secondary N) is 1. The number of rotatable bonds is 10. The topological polar surface area (TPSA) is 96.4 Å². The second-order valence-corrected chi connectivity index (χ2v) is 11.4. The van der Waals surface area contributed by atoms with Crippen LogP contribution >= 0.6 is 0 Å². The van der Waals surface area contributed by atoms with Crippen LogP contribution in [0, 0.1) is 0 Å². The van der Waals surface area contributed by atoms with Crippen LogP contribution in [0.25, 0.3) is 0 Å². The average Bonchev–Trinajstić information content (AvgIpc) is 3.06. The van der Waals surface area contributed by atoms with Gasteiger partial charge in [0.05, 0.1) is 6.54 Å². The first kappa shape index (κ1) is 35.0. The van der Waals surface area contributed by atoms with Gasteiger partial charge in [-0.15, -0.1) is 0 Å². The van der Waals surface area contributed by atoms with Crippen LogP contribution in [0.15, 0.2) is 78.9 Å². The minimum atomic E-state index is -0.818. The molecule has 2 atom stereocenters. The number of carbonyl (C=O) groups excluding carboxylic acids is 3. The molecule has 4 rings (SSSR count). The first-order valence-electron chi connectivity index (χ1n) is 15.8. The summed E-state index contributed by atoms with van der Waals surface area (Å²) < 4.78 is 0. The number of benzene rings is 3. The molecule has 242 valence electrons. The summed E-state index contributed by atoms with van der Waals surface area (Å²) in [4.78, 5) is 48.1. The molecule has 0 spiro atoms. The number of amides is 4. The van der Waals surface area contributed by atoms with Gasteiger partial charge in [0.2, 0.25) is 11.8 Å². The van der Waals surface area contributed by atoms with Crippen LogP contribution in [0.1, 0.15) is 57.7 Å². The number of phenolic OH excluding ortho intramolecular Hbond substituents is 1. The maximum absolute atomic E-state index is 14.2. The Labute approximate surface area is 268 Å². The van der Waals surface area contributed by atoms with Crippen molar-refractivity contribution in [3.63, 3.8) is 0 Å². The fraction of sp³-hybridized carbons (Fsp3) is 0.417. The van der Waals surface area contributed by atoms with Crippen LogP contribution < -0.4 is 10.2 Å². The number of anilines is 1. The zero-order valence-electron chi connectivity index (χ0n) is 27.7. The molecule has 0 bridgehead atoms. The lowest BCUT2D eigenvalue weighted by atomic mass is 9.98. The van der Waals surface area contributed by atoms with Crippen LogP contribution in [0.2, 0.25) is 0 Å². The summed E-state index contributed by atoms with van der Waals surface area (Å²) in [6, 6.07) is 23.6. The largest absolute Gasteiger partial charge is 0.508 e. The minimum Gasteiger partial charge on any atom is -0.508 e. The third-order valence-corrected chi connectivity index (χ3v) is 8.11. The van der Waals surface area contributed by atoms with E-state index in [1.54, 1.807) is 48.0 Å². The molecule has 3 aromatic carbocycles. The van der Waals surface area contributed by atoms with Crippen LogP contribution in [-0.2, 0) is 29.1 Å². The van der Waals surface area contributed by atoms with Crippen LogP contribution in [-0.4, -0.2) is 76.5 Å². The molecule has 1 fully saturated rings. The number of hydrogen-bond acceptors (Lipinski definition) is 5. The molecule has 0 saturated carbocycles. The van der Waals surface area contributed by atoms with Gasteiger partial charge in [0, 0.05) is 51.8 Å². The van der Waals surface area contributed by atoms with Gasteiger partial charge in [-0.1, -0.05) is 75.4 Å². The molecule has 1 unspecified atom stereocenters. The lowest BCUT2D eigenvalue weighted by Crippen LogP contribution is -2.69. The van der Waals surface area contributed by atoms with Gasteiger partial charge in [0.15, 0.2) is 0 Å². The van der Waals surface area contributed by atoms with Crippen molar-refractivity contribution < 1.29 is 19.5 Å². The van der Waals surface area contributed by atoms with Crippen molar-refractivity contribution >= 4 is 23.5 Å². The summed E-state index contributed by atoms with van der Waals surface area (Å²) in [6.45, 7) is 10.9. The molecule has 1 heterocycles. The van der Waals surface area contributed by atoms with Gasteiger partial charge in [0.1, 0.15) is 18.0 Å². The minimum absolute atomic E-state index is 0.126. The number of hydrogen-bond donors (Lipinski definition) is 2. The quantitative estimate of drug-likeness (QED) is 0.309. The molecular formula is C36H49N5O4. The molecule has 4 amide bonds. The molecule has 1 saturated heterocycles. The Morgan fingerprint density at radius 3 is 2.20 bits per heavy atom. The SMILES string of the molecule is CC.CCC(=O)N1C(N(C)C(=O)NCc2ccccc2)CN(Cc2cccc(N(C)C(C)C)c2)C(=O)[C@@H]1Cc1ccc(O)cc1. The van der Waals surface area contributed by atoms with Gasteiger partial charge >= 0.3 is 6.03 Å². The summed E-state index contributed by atoms with van der Waals surface area (Å²) in [5, 5.41) is 12.8. The fourth-order valence-electron chi connectivity index (χ4n) is 5.35. The van der Waals surface area contributed by atoms with Crippen molar-refractivity contribution in [2.24, 2.45) is 0 Å². The van der Waals surface area contributed by atoms with Gasteiger partial charge in [-0.05, 0) is 54.8 Å². The van der Waals surface area contributed by atoms with Crippen molar-refractivity contribution in [2.75, 3.05) is 25.5 Å². The Hall–Kier alpha value is -4.53. The van der Waals surface area contributed by atoms with E-state index in [4.69, 9.17) is 0 Å². The molecule has 0 aliphatic carbocycles. The summed E-state index contributed by atoms with van der Waals surface area (Å²) in [6.07, 6.45) is -0.226. The van der Waals surface area contributed by atoms with E-state index >= 15 is 0 Å². The number of urea groups is 1. The van der Waals surface area contributed by atoms with Crippen molar-refractivity contribution in [1.29, 1.82) is 0 Å². The van der Waals surface area contributed by atoms with E-state index in [0.29, 0.717) is 19.1 Å². The van der Waals surface area contributed by atoms with Crippen molar-refractivity contribution in [3.05, 3.63) is 95.6 Å². The van der Waals surface area contributed by atoms with Crippen molar-refractivity contribution in [3.8, 4) is 5.75 Å². The highest BCUT2D eigenvalue weighted by atomic mass is 16.3. The Balaban J connectivity index is 0.00000271. The van der Waals surface area contributed by atoms with E-state index in [9.17, 15) is 19.5 Å². The zero-order chi connectivity index (χ0) is 33.1. The van der Waals surface area contributed by atoms with Crippen LogP contribution in [0.4, 0.5) is 10.5 Å². The predicted octanol–water partition coefficient (Wildman–Crippen LogP) is 5.62. The molecule has 9 heteroatoms. The van der Waals surface area contributed by atoms with E-state index in [-0.39, 0.29) is 43.0 Å². The fourth-order valence-corrected chi connectivity index (χ4v) is 5.35. The smallest absolute Gasteiger partial charge is 0.319 e. The molecule has 1 aliphatic rings. The molecule has 3 aromatic rings. The van der Waals surface area contributed by atoms with E-state index < -0.39 is 12.2 Å². The van der Waals surface area contributed by atoms with E-state index in [1.807, 2.05) is 69.4 Å². The Morgan fingerprint density at radius 2 is 1.58 bits per heavy atom. The van der Waals surface area contributed by atoms with Gasteiger partial charge in [0.25, 0.3) is 0 Å². The summed E-state index contributed by atoms with van der Waals surface area (Å²) >= 11 is 0. The molecule has 2 N–H and O–H groups in total. The number of piperazine rings is 1. The Bertz CT molecular complexity index is 1400. The van der Waals surface area contributed by atoms with E-state index in [0.717, 1.165) is 22.4 Å². The average molecular weight is 616 g/mol. The molecule has 1 aliphatic heterocycles. The second kappa shape index (κ2) is 16.5. The molecular weight excluding hydrogens is 566 g/mol. The number of phenols is 1. The van der Waals surface area contributed by atoms with Gasteiger partial charge < -0.3 is 30.0 Å². The highest BCUT2D eigenvalue weighted by Crippen LogP contribution is 2.27. The lowest BCUT2D eigenvalue weighted by Gasteiger charge is -2.49. The van der Waals surface area contributed by atoms with E-state index in [1.165, 1.54) is 4.90 Å². The number of aromatic hydroxyl groups is 1. The molecule has 0 radical (unpaired) electrons. The second-order valence-electron chi connectivity index (χ2n) is 11.4. The first-order chi connectivity index (χ1) is 21.6. The van der Waals surface area contributed by atoms with Gasteiger partial charge in [-0.3, -0.25) is 9.59 Å². The number of carbonyl (C=O) groups is 3. The standard InChI is InChI=1S/C34H43N5O4.C2H6/c1-6-32(41)39-30(20-25-15-17-29(40)18-16-25)33(42)38(22-27-13-10-14-28(19-27)36(4)24(2)3)23-31(39)37(5)34(43)35-21-26-11-8-7-9-12-26;1-2/h7-19,24,30-31,40H,6,20-23H2,1-5H3,(H,35,43);1-2H3/t30-,31?;/m0./s1. The van der Waals surface area contributed by atoms with Gasteiger partial charge in [-0.25, -0.2) is 4.79 Å². The summed E-state index contributed by atoms with van der Waals surface area (Å²) in [7, 11) is 3.71. The summed E-state index contributed by atoms with van der Waals surface area (Å²) in [5.41, 5.74) is 3.78. The Kier molecular flexibility index (Phi) is 12.8. The number of likely N-dealkylation sites (N-methyl/N-ethyl adjacent to an activating group) is 1. The maximum atomic E-state index is 14.2. The normalized spacial score (nSPS) is 16.1. The van der Waals surface area contributed by atoms with Gasteiger partial charge in [-0.2, -0.15) is 0 Å². The number of nitrogens with zero attached hydrogens (tertiary/aromatic N) is 4. The highest BCUT2D eigenvalue weighted by Gasteiger charge is 2.45. The third kappa shape index (κ3) is 9.00. The molecule has 45 heavy (non-hydrogen) atoms. The highest BCUT2D eigenvalue weighted by molar-refractivity contribution is 5.90. The zero-order valence-corrected chi connectivity index (χ0v) is 27.7. The molecule has 0 aromatic heterocycles. The van der Waals surface area contributed by atoms with E-state index in [2.05, 4.69) is 30.1 Å².